The number of alkyl halides is 1. The van der Waals surface area contributed by atoms with Gasteiger partial charge in [0, 0.05) is 22.9 Å². The first-order valence-corrected chi connectivity index (χ1v) is 6.72. The van der Waals surface area contributed by atoms with E-state index in [1.807, 2.05) is 0 Å². The number of hydrogen-bond acceptors (Lipinski definition) is 2. The van der Waals surface area contributed by atoms with Crippen LogP contribution in [0.5, 0.6) is 5.75 Å². The van der Waals surface area contributed by atoms with Crippen molar-refractivity contribution >= 4 is 33.4 Å². The van der Waals surface area contributed by atoms with E-state index in [1.54, 1.807) is 17.0 Å². The molecular formula is C12H13BrClNO2. The summed E-state index contributed by atoms with van der Waals surface area (Å²) >= 11 is 9.24. The normalized spacial score (nSPS) is 17.2. The number of hydrogen-bond donors (Lipinski definition) is 1. The van der Waals surface area contributed by atoms with Gasteiger partial charge >= 0.3 is 0 Å². The van der Waals surface area contributed by atoms with E-state index < -0.39 is 0 Å². The molecule has 0 atom stereocenters. The molecule has 0 spiro atoms. The Morgan fingerprint density at radius 2 is 2.06 bits per heavy atom. The topological polar surface area (TPSA) is 40.5 Å². The zero-order valence-electron chi connectivity index (χ0n) is 9.20. The molecule has 1 saturated heterocycles. The molecule has 1 aliphatic rings. The van der Waals surface area contributed by atoms with E-state index in [9.17, 15) is 9.90 Å². The van der Waals surface area contributed by atoms with Crippen LogP contribution in [-0.4, -0.2) is 34.4 Å². The highest BCUT2D eigenvalue weighted by molar-refractivity contribution is 9.10. The van der Waals surface area contributed by atoms with Gasteiger partial charge in [-0.25, -0.2) is 0 Å². The number of rotatable bonds is 1. The molecule has 1 aromatic rings. The van der Waals surface area contributed by atoms with Gasteiger partial charge in [0.15, 0.2) is 0 Å². The van der Waals surface area contributed by atoms with E-state index in [4.69, 9.17) is 11.6 Å². The van der Waals surface area contributed by atoms with Crippen LogP contribution in [0.2, 0.25) is 0 Å². The number of nitrogens with zero attached hydrogens (tertiary/aromatic N) is 1. The number of carbonyl (C=O) groups is 1. The van der Waals surface area contributed by atoms with Crippen molar-refractivity contribution in [1.82, 2.24) is 4.90 Å². The number of amides is 1. The first kappa shape index (κ1) is 12.7. The standard InChI is InChI=1S/C12H13BrClNO2/c13-8-1-2-10(11(16)7-8)12(17)15-5-3-9(14)4-6-15/h1-2,7,9,16H,3-6H2. The Labute approximate surface area is 114 Å². The van der Waals surface area contributed by atoms with Crippen molar-refractivity contribution in [3.05, 3.63) is 28.2 Å². The molecule has 5 heteroatoms. The summed E-state index contributed by atoms with van der Waals surface area (Å²) in [6, 6.07) is 4.91. The Morgan fingerprint density at radius 1 is 1.41 bits per heavy atom. The van der Waals surface area contributed by atoms with Gasteiger partial charge in [-0.3, -0.25) is 4.79 Å². The van der Waals surface area contributed by atoms with E-state index in [0.29, 0.717) is 18.7 Å². The molecule has 92 valence electrons. The second-order valence-electron chi connectivity index (χ2n) is 4.13. The lowest BCUT2D eigenvalue weighted by atomic mass is 10.1. The van der Waals surface area contributed by atoms with Gasteiger partial charge in [0.05, 0.1) is 5.56 Å². The summed E-state index contributed by atoms with van der Waals surface area (Å²) in [5.41, 5.74) is 0.348. The van der Waals surface area contributed by atoms with Crippen molar-refractivity contribution in [3.63, 3.8) is 0 Å². The van der Waals surface area contributed by atoms with Gasteiger partial charge in [-0.1, -0.05) is 15.9 Å². The Bertz CT molecular complexity index is 431. The average Bonchev–Trinajstić information content (AvgIpc) is 2.29. The van der Waals surface area contributed by atoms with Crippen LogP contribution < -0.4 is 0 Å². The number of carbonyl (C=O) groups excluding carboxylic acids is 1. The summed E-state index contributed by atoms with van der Waals surface area (Å²) in [5.74, 6) is -0.115. The molecule has 1 fully saturated rings. The third kappa shape index (κ3) is 2.93. The summed E-state index contributed by atoms with van der Waals surface area (Å²) in [5, 5.41) is 9.91. The van der Waals surface area contributed by atoms with E-state index in [1.165, 1.54) is 6.07 Å². The highest BCUT2D eigenvalue weighted by atomic mass is 79.9. The van der Waals surface area contributed by atoms with Gasteiger partial charge in [0.25, 0.3) is 5.91 Å². The fraction of sp³-hybridized carbons (Fsp3) is 0.417. The Kier molecular flexibility index (Phi) is 3.94. The smallest absolute Gasteiger partial charge is 0.257 e. The second kappa shape index (κ2) is 5.27. The van der Waals surface area contributed by atoms with Crippen LogP contribution in [0, 0.1) is 0 Å². The molecule has 1 amide bonds. The van der Waals surface area contributed by atoms with Crippen LogP contribution in [0.3, 0.4) is 0 Å². The number of piperidine rings is 1. The van der Waals surface area contributed by atoms with Gasteiger partial charge in [0.2, 0.25) is 0 Å². The molecule has 0 bridgehead atoms. The fourth-order valence-corrected chi connectivity index (χ4v) is 2.45. The number of phenols is 1. The largest absolute Gasteiger partial charge is 0.507 e. The number of aromatic hydroxyl groups is 1. The molecule has 3 nitrogen and oxygen atoms in total. The second-order valence-corrected chi connectivity index (χ2v) is 5.66. The predicted octanol–water partition coefficient (Wildman–Crippen LogP) is 3.00. The Balaban J connectivity index is 2.14. The first-order chi connectivity index (χ1) is 8.08. The van der Waals surface area contributed by atoms with E-state index in [-0.39, 0.29) is 17.0 Å². The molecule has 0 aliphatic carbocycles. The van der Waals surface area contributed by atoms with Gasteiger partial charge in [-0.05, 0) is 31.0 Å². The SMILES string of the molecule is O=C(c1ccc(Br)cc1O)N1CCC(Cl)CC1. The number of phenolic OH excluding ortho intramolecular Hbond substituents is 1. The molecule has 1 N–H and O–H groups in total. The summed E-state index contributed by atoms with van der Waals surface area (Å²) < 4.78 is 0.756. The number of halogens is 2. The summed E-state index contributed by atoms with van der Waals surface area (Å²) in [6.07, 6.45) is 1.62. The minimum Gasteiger partial charge on any atom is -0.507 e. The molecule has 0 aromatic heterocycles. The lowest BCUT2D eigenvalue weighted by molar-refractivity contribution is 0.0723. The molecule has 1 aliphatic heterocycles. The van der Waals surface area contributed by atoms with Crippen LogP contribution in [0.1, 0.15) is 23.2 Å². The van der Waals surface area contributed by atoms with Crippen LogP contribution >= 0.6 is 27.5 Å². The summed E-state index contributed by atoms with van der Waals surface area (Å²) in [6.45, 7) is 1.31. The van der Waals surface area contributed by atoms with Crippen molar-refractivity contribution in [3.8, 4) is 5.75 Å². The zero-order valence-corrected chi connectivity index (χ0v) is 11.5. The van der Waals surface area contributed by atoms with E-state index >= 15 is 0 Å². The van der Waals surface area contributed by atoms with Gasteiger partial charge in [0.1, 0.15) is 5.75 Å². The van der Waals surface area contributed by atoms with Crippen LogP contribution in [0.15, 0.2) is 22.7 Å². The minimum absolute atomic E-state index is 0.0115. The van der Waals surface area contributed by atoms with Crippen molar-refractivity contribution in [2.24, 2.45) is 0 Å². The van der Waals surface area contributed by atoms with Crippen molar-refractivity contribution in [2.45, 2.75) is 18.2 Å². The van der Waals surface area contributed by atoms with Crippen molar-refractivity contribution < 1.29 is 9.90 Å². The minimum atomic E-state index is -0.126. The molecule has 1 heterocycles. The predicted molar refractivity (Wildman–Crippen MR) is 70.6 cm³/mol. The number of benzene rings is 1. The molecular weight excluding hydrogens is 305 g/mol. The molecule has 17 heavy (non-hydrogen) atoms. The number of likely N-dealkylation sites (tertiary alicyclic amines) is 1. The van der Waals surface area contributed by atoms with Gasteiger partial charge < -0.3 is 10.0 Å². The average molecular weight is 319 g/mol. The summed E-state index contributed by atoms with van der Waals surface area (Å²) in [7, 11) is 0. The maximum atomic E-state index is 12.1. The molecule has 1 aromatic carbocycles. The van der Waals surface area contributed by atoms with Crippen LogP contribution in [-0.2, 0) is 0 Å². The molecule has 2 rings (SSSR count). The molecule has 0 radical (unpaired) electrons. The van der Waals surface area contributed by atoms with E-state index in [2.05, 4.69) is 15.9 Å². The lowest BCUT2D eigenvalue weighted by Gasteiger charge is -2.29. The van der Waals surface area contributed by atoms with Crippen LogP contribution in [0.25, 0.3) is 0 Å². The third-order valence-electron chi connectivity index (χ3n) is 2.90. The van der Waals surface area contributed by atoms with Gasteiger partial charge in [-0.2, -0.15) is 0 Å². The highest BCUT2D eigenvalue weighted by Crippen LogP contribution is 2.25. The first-order valence-electron chi connectivity index (χ1n) is 5.50. The third-order valence-corrected chi connectivity index (χ3v) is 3.83. The molecule has 0 saturated carbocycles. The monoisotopic (exact) mass is 317 g/mol. The fourth-order valence-electron chi connectivity index (χ4n) is 1.91. The Hall–Kier alpha value is -0.740. The maximum Gasteiger partial charge on any atom is 0.257 e. The lowest BCUT2D eigenvalue weighted by Crippen LogP contribution is -2.38. The quantitative estimate of drug-likeness (QED) is 0.809. The van der Waals surface area contributed by atoms with Crippen molar-refractivity contribution in [2.75, 3.05) is 13.1 Å². The molecule has 0 unspecified atom stereocenters. The Morgan fingerprint density at radius 3 is 2.65 bits per heavy atom. The van der Waals surface area contributed by atoms with E-state index in [0.717, 1.165) is 17.3 Å². The summed E-state index contributed by atoms with van der Waals surface area (Å²) in [4.78, 5) is 13.9. The van der Waals surface area contributed by atoms with Gasteiger partial charge in [-0.15, -0.1) is 11.6 Å². The van der Waals surface area contributed by atoms with Crippen LogP contribution in [0.4, 0.5) is 0 Å². The zero-order chi connectivity index (χ0) is 12.4. The maximum absolute atomic E-state index is 12.1. The van der Waals surface area contributed by atoms with Crippen molar-refractivity contribution in [1.29, 1.82) is 0 Å². The highest BCUT2D eigenvalue weighted by Gasteiger charge is 2.23.